The van der Waals surface area contributed by atoms with Crippen LogP contribution in [0.5, 0.6) is 0 Å². The number of ether oxygens (including phenoxy) is 1. The van der Waals surface area contributed by atoms with Gasteiger partial charge >= 0.3 is 6.09 Å². The molecule has 0 aliphatic heterocycles. The van der Waals surface area contributed by atoms with Gasteiger partial charge in [-0.05, 0) is 81.9 Å². The Bertz CT molecular complexity index is 1020. The summed E-state index contributed by atoms with van der Waals surface area (Å²) in [6.07, 6.45) is 6.02. The number of nitrogens with zero attached hydrogens (tertiary/aromatic N) is 2. The third kappa shape index (κ3) is 6.19. The summed E-state index contributed by atoms with van der Waals surface area (Å²) in [6, 6.07) is 12.6. The molecular formula is C25H32N4O2S. The van der Waals surface area contributed by atoms with E-state index < -0.39 is 5.60 Å². The van der Waals surface area contributed by atoms with Gasteiger partial charge in [0.1, 0.15) is 5.60 Å². The fraction of sp³-hybridized carbons (Fsp3) is 0.480. The number of fused-ring (bicyclic) bond motifs is 1. The fourth-order valence-electron chi connectivity index (χ4n) is 4.11. The molecule has 32 heavy (non-hydrogen) atoms. The van der Waals surface area contributed by atoms with Gasteiger partial charge in [0.15, 0.2) is 0 Å². The van der Waals surface area contributed by atoms with Crippen molar-refractivity contribution in [2.24, 2.45) is 11.8 Å². The van der Waals surface area contributed by atoms with Crippen molar-refractivity contribution in [3.63, 3.8) is 0 Å². The molecule has 1 amide bonds. The van der Waals surface area contributed by atoms with Crippen LogP contribution in [0.3, 0.4) is 0 Å². The molecule has 1 fully saturated rings. The van der Waals surface area contributed by atoms with Crippen LogP contribution in [0, 0.1) is 11.8 Å². The molecule has 2 heterocycles. The number of alkyl carbamates (subject to hydrolysis) is 1. The highest BCUT2D eigenvalue weighted by Gasteiger charge is 2.23. The number of rotatable bonds is 6. The molecule has 0 unspecified atom stereocenters. The number of benzene rings is 1. The van der Waals surface area contributed by atoms with Crippen molar-refractivity contribution in [3.05, 3.63) is 42.6 Å². The maximum absolute atomic E-state index is 11.8. The maximum atomic E-state index is 11.8. The highest BCUT2D eigenvalue weighted by molar-refractivity contribution is 7.22. The molecule has 1 saturated carbocycles. The van der Waals surface area contributed by atoms with E-state index in [1.165, 1.54) is 10.1 Å². The minimum atomic E-state index is -0.455. The Morgan fingerprint density at radius 1 is 1.09 bits per heavy atom. The van der Waals surface area contributed by atoms with E-state index in [0.29, 0.717) is 24.3 Å². The lowest BCUT2D eigenvalue weighted by molar-refractivity contribution is 0.0513. The predicted molar refractivity (Wildman–Crippen MR) is 131 cm³/mol. The van der Waals surface area contributed by atoms with Crippen LogP contribution in [-0.2, 0) is 4.74 Å². The number of carbonyl (C=O) groups is 1. The Labute approximate surface area is 193 Å². The summed E-state index contributed by atoms with van der Waals surface area (Å²) in [6.45, 7) is 7.21. The Morgan fingerprint density at radius 3 is 2.53 bits per heavy atom. The van der Waals surface area contributed by atoms with Crippen molar-refractivity contribution < 1.29 is 9.53 Å². The van der Waals surface area contributed by atoms with E-state index in [-0.39, 0.29) is 6.09 Å². The lowest BCUT2D eigenvalue weighted by atomic mass is 9.82. The molecule has 0 spiro atoms. The van der Waals surface area contributed by atoms with Gasteiger partial charge in [0, 0.05) is 24.0 Å². The number of thiophene rings is 1. The van der Waals surface area contributed by atoms with Gasteiger partial charge < -0.3 is 15.4 Å². The van der Waals surface area contributed by atoms with Crippen molar-refractivity contribution in [2.75, 3.05) is 18.4 Å². The predicted octanol–water partition coefficient (Wildman–Crippen LogP) is 6.10. The van der Waals surface area contributed by atoms with E-state index in [4.69, 9.17) is 9.72 Å². The van der Waals surface area contributed by atoms with Gasteiger partial charge in [-0.25, -0.2) is 14.8 Å². The molecule has 170 valence electrons. The van der Waals surface area contributed by atoms with E-state index >= 15 is 0 Å². The normalized spacial score (nSPS) is 19.0. The van der Waals surface area contributed by atoms with E-state index in [1.807, 2.05) is 33.0 Å². The molecular weight excluding hydrogens is 420 g/mol. The minimum absolute atomic E-state index is 0.322. The standard InChI is InChI=1S/C25H32N4O2S/c1-25(2,3)31-24(30)28-16-18-10-8-17(9-11-18)15-27-23-26-13-12-20(29-23)22-14-19-6-4-5-7-21(19)32-22/h4-7,12-14,17-18H,8-11,15-16H2,1-3H3,(H,28,30)(H,26,27,29)/t17-,18+. The second-order valence-electron chi connectivity index (χ2n) is 9.56. The number of hydrogen-bond acceptors (Lipinski definition) is 6. The number of amides is 1. The first kappa shape index (κ1) is 22.5. The van der Waals surface area contributed by atoms with Gasteiger partial charge in [-0.1, -0.05) is 18.2 Å². The quantitative estimate of drug-likeness (QED) is 0.472. The number of anilines is 1. The Morgan fingerprint density at radius 2 is 1.81 bits per heavy atom. The molecule has 6 nitrogen and oxygen atoms in total. The summed E-state index contributed by atoms with van der Waals surface area (Å²) in [5.41, 5.74) is 0.504. The third-order valence-electron chi connectivity index (χ3n) is 5.78. The molecule has 2 N–H and O–H groups in total. The van der Waals surface area contributed by atoms with Crippen LogP contribution in [0.1, 0.15) is 46.5 Å². The minimum Gasteiger partial charge on any atom is -0.444 e. The Kier molecular flexibility index (Phi) is 6.94. The topological polar surface area (TPSA) is 76.1 Å². The monoisotopic (exact) mass is 452 g/mol. The Balaban J connectivity index is 1.24. The van der Waals surface area contributed by atoms with E-state index in [0.717, 1.165) is 42.8 Å². The number of hydrogen-bond donors (Lipinski definition) is 2. The lowest BCUT2D eigenvalue weighted by Crippen LogP contribution is -2.36. The second-order valence-corrected chi connectivity index (χ2v) is 10.6. The highest BCUT2D eigenvalue weighted by atomic mass is 32.1. The molecule has 1 aliphatic carbocycles. The number of aromatic nitrogens is 2. The molecule has 1 aliphatic rings. The van der Waals surface area contributed by atoms with Crippen LogP contribution < -0.4 is 10.6 Å². The third-order valence-corrected chi connectivity index (χ3v) is 6.92. The molecule has 4 rings (SSSR count). The molecule has 0 atom stereocenters. The van der Waals surface area contributed by atoms with Crippen molar-refractivity contribution >= 4 is 33.5 Å². The van der Waals surface area contributed by atoms with Gasteiger partial charge in [-0.3, -0.25) is 0 Å². The average molecular weight is 453 g/mol. The smallest absolute Gasteiger partial charge is 0.407 e. The summed E-state index contributed by atoms with van der Waals surface area (Å²) in [5, 5.41) is 7.61. The van der Waals surface area contributed by atoms with Crippen molar-refractivity contribution in [1.29, 1.82) is 0 Å². The van der Waals surface area contributed by atoms with Crippen LogP contribution in [0.15, 0.2) is 42.6 Å². The second kappa shape index (κ2) is 9.86. The van der Waals surface area contributed by atoms with Crippen LogP contribution in [0.2, 0.25) is 0 Å². The van der Waals surface area contributed by atoms with E-state index in [2.05, 4.69) is 45.9 Å². The largest absolute Gasteiger partial charge is 0.444 e. The van der Waals surface area contributed by atoms with Gasteiger partial charge in [-0.2, -0.15) is 0 Å². The molecule has 0 saturated heterocycles. The number of carbonyl (C=O) groups excluding carboxylic acids is 1. The summed E-state index contributed by atoms with van der Waals surface area (Å²) < 4.78 is 6.59. The van der Waals surface area contributed by atoms with Crippen LogP contribution in [0.4, 0.5) is 10.7 Å². The van der Waals surface area contributed by atoms with Gasteiger partial charge in [0.2, 0.25) is 5.95 Å². The first-order valence-corrected chi connectivity index (χ1v) is 12.2. The zero-order valence-electron chi connectivity index (χ0n) is 19.1. The molecule has 2 aromatic heterocycles. The lowest BCUT2D eigenvalue weighted by Gasteiger charge is -2.29. The maximum Gasteiger partial charge on any atom is 0.407 e. The molecule has 1 aromatic carbocycles. The molecule has 0 bridgehead atoms. The fourth-order valence-corrected chi connectivity index (χ4v) is 5.14. The summed E-state index contributed by atoms with van der Waals surface area (Å²) in [7, 11) is 0. The molecule has 7 heteroatoms. The zero-order chi connectivity index (χ0) is 22.6. The van der Waals surface area contributed by atoms with Gasteiger partial charge in [-0.15, -0.1) is 11.3 Å². The van der Waals surface area contributed by atoms with Crippen molar-refractivity contribution in [1.82, 2.24) is 15.3 Å². The summed E-state index contributed by atoms with van der Waals surface area (Å²) >= 11 is 1.76. The summed E-state index contributed by atoms with van der Waals surface area (Å²) in [4.78, 5) is 22.2. The molecule has 0 radical (unpaired) electrons. The SMILES string of the molecule is CC(C)(C)OC(=O)NC[C@H]1CC[C@@H](CNc2nccc(-c3cc4ccccc4s3)n2)CC1. The average Bonchev–Trinajstić information content (AvgIpc) is 3.20. The number of nitrogens with one attached hydrogen (secondary N) is 2. The Hall–Kier alpha value is -2.67. The first-order chi connectivity index (χ1) is 15.4. The van der Waals surface area contributed by atoms with Gasteiger partial charge in [0.25, 0.3) is 0 Å². The van der Waals surface area contributed by atoms with Crippen LogP contribution >= 0.6 is 11.3 Å². The van der Waals surface area contributed by atoms with Crippen molar-refractivity contribution in [3.8, 4) is 10.6 Å². The van der Waals surface area contributed by atoms with Crippen LogP contribution in [0.25, 0.3) is 20.7 Å². The van der Waals surface area contributed by atoms with Crippen LogP contribution in [-0.4, -0.2) is 34.8 Å². The molecule has 3 aromatic rings. The van der Waals surface area contributed by atoms with Gasteiger partial charge in [0.05, 0.1) is 10.6 Å². The summed E-state index contributed by atoms with van der Waals surface area (Å²) in [5.74, 6) is 1.81. The van der Waals surface area contributed by atoms with Crippen molar-refractivity contribution in [2.45, 2.75) is 52.1 Å². The first-order valence-electron chi connectivity index (χ1n) is 11.4. The zero-order valence-corrected chi connectivity index (χ0v) is 19.9. The van der Waals surface area contributed by atoms with E-state index in [9.17, 15) is 4.79 Å². The van der Waals surface area contributed by atoms with E-state index in [1.54, 1.807) is 11.3 Å². The highest BCUT2D eigenvalue weighted by Crippen LogP contribution is 2.33.